The van der Waals surface area contributed by atoms with Crippen molar-refractivity contribution in [2.75, 3.05) is 19.0 Å². The predicted molar refractivity (Wildman–Crippen MR) is 134 cm³/mol. The fraction of sp³-hybridized carbons (Fsp3) is 0.185. The summed E-state index contributed by atoms with van der Waals surface area (Å²) in [6, 6.07) is 10.4. The van der Waals surface area contributed by atoms with Crippen LogP contribution in [0.4, 0.5) is 10.1 Å². The normalized spacial score (nSPS) is 13.5. The Morgan fingerprint density at radius 3 is 2.72 bits per heavy atom. The summed E-state index contributed by atoms with van der Waals surface area (Å²) in [5, 5.41) is 14.6. The van der Waals surface area contributed by atoms with Gasteiger partial charge in [-0.15, -0.1) is 0 Å². The average molecular weight is 489 g/mol. The molecule has 184 valence electrons. The number of aliphatic carboxylic acids is 1. The van der Waals surface area contributed by atoms with Gasteiger partial charge in [0.05, 0.1) is 19.2 Å². The van der Waals surface area contributed by atoms with Gasteiger partial charge in [-0.3, -0.25) is 14.6 Å². The van der Waals surface area contributed by atoms with Gasteiger partial charge in [0, 0.05) is 36.8 Å². The number of hydrogen-bond acceptors (Lipinski definition) is 6. The number of amides is 1. The molecule has 1 aromatic carbocycles. The summed E-state index contributed by atoms with van der Waals surface area (Å²) in [7, 11) is 1.50. The van der Waals surface area contributed by atoms with Gasteiger partial charge in [0.15, 0.2) is 0 Å². The lowest BCUT2D eigenvalue weighted by atomic mass is 10.0. The number of rotatable bonds is 9. The molecule has 9 heteroatoms. The van der Waals surface area contributed by atoms with Crippen molar-refractivity contribution in [3.05, 3.63) is 88.8 Å². The zero-order chi connectivity index (χ0) is 25.7. The first-order chi connectivity index (χ1) is 17.4. The summed E-state index contributed by atoms with van der Waals surface area (Å²) < 4.78 is 19.5. The van der Waals surface area contributed by atoms with E-state index in [4.69, 9.17) is 9.84 Å². The number of carboxylic acid groups (broad SMARTS) is 1. The zero-order valence-electron chi connectivity index (χ0n) is 19.8. The molecule has 2 aromatic heterocycles. The number of allylic oxidation sites excluding steroid dienone is 2. The summed E-state index contributed by atoms with van der Waals surface area (Å²) in [6.45, 7) is 2.01. The lowest BCUT2D eigenvalue weighted by Gasteiger charge is -2.11. The fourth-order valence-corrected chi connectivity index (χ4v) is 4.08. The fourth-order valence-electron chi connectivity index (χ4n) is 4.08. The summed E-state index contributed by atoms with van der Waals surface area (Å²) >= 11 is 0. The molecule has 4 rings (SSSR count). The van der Waals surface area contributed by atoms with Crippen molar-refractivity contribution in [1.29, 1.82) is 0 Å². The van der Waals surface area contributed by atoms with Crippen LogP contribution in [-0.4, -0.2) is 40.6 Å². The highest BCUT2D eigenvalue weighted by molar-refractivity contribution is 6.08. The van der Waals surface area contributed by atoms with E-state index in [2.05, 4.69) is 20.6 Å². The lowest BCUT2D eigenvalue weighted by molar-refractivity contribution is -0.135. The number of carbonyl (C=O) groups excluding carboxylic acids is 1. The van der Waals surface area contributed by atoms with Crippen molar-refractivity contribution in [2.24, 2.45) is 0 Å². The number of nitrogens with zero attached hydrogens (tertiary/aromatic N) is 2. The number of methoxy groups -OCH3 is 1. The molecular formula is C27H25FN4O4. The number of benzene rings is 1. The van der Waals surface area contributed by atoms with Crippen LogP contribution in [0.25, 0.3) is 17.2 Å². The van der Waals surface area contributed by atoms with Crippen LogP contribution >= 0.6 is 0 Å². The molecule has 0 atom stereocenters. The van der Waals surface area contributed by atoms with E-state index in [-0.39, 0.29) is 18.9 Å². The number of aromatic nitrogens is 2. The van der Waals surface area contributed by atoms with Gasteiger partial charge in [-0.05, 0) is 64.6 Å². The van der Waals surface area contributed by atoms with E-state index in [0.717, 1.165) is 27.8 Å². The topological polar surface area (TPSA) is 113 Å². The van der Waals surface area contributed by atoms with Crippen molar-refractivity contribution >= 4 is 34.8 Å². The Morgan fingerprint density at radius 1 is 1.17 bits per heavy atom. The van der Waals surface area contributed by atoms with E-state index in [0.29, 0.717) is 29.1 Å². The molecule has 0 unspecified atom stereocenters. The first-order valence-corrected chi connectivity index (χ1v) is 11.2. The van der Waals surface area contributed by atoms with E-state index in [9.17, 15) is 14.0 Å². The van der Waals surface area contributed by atoms with Gasteiger partial charge < -0.3 is 20.5 Å². The molecule has 0 fully saturated rings. The smallest absolute Gasteiger partial charge is 0.322 e. The Morgan fingerprint density at radius 2 is 2.00 bits per heavy atom. The maximum Gasteiger partial charge on any atom is 0.322 e. The van der Waals surface area contributed by atoms with Gasteiger partial charge in [-0.25, -0.2) is 4.98 Å². The molecule has 3 N–H and O–H groups in total. The van der Waals surface area contributed by atoms with Crippen LogP contribution < -0.4 is 15.4 Å². The molecule has 8 nitrogen and oxygen atoms in total. The van der Waals surface area contributed by atoms with E-state index >= 15 is 0 Å². The summed E-state index contributed by atoms with van der Waals surface area (Å²) in [5.41, 5.74) is 5.97. The molecule has 1 aliphatic carbocycles. The van der Waals surface area contributed by atoms with E-state index in [1.54, 1.807) is 24.5 Å². The van der Waals surface area contributed by atoms with Crippen LogP contribution in [-0.2, 0) is 16.1 Å². The molecule has 0 saturated heterocycles. The first-order valence-electron chi connectivity index (χ1n) is 11.2. The molecule has 1 amide bonds. The minimum atomic E-state index is -0.987. The molecular weight excluding hydrogens is 463 g/mol. The zero-order valence-corrected chi connectivity index (χ0v) is 19.8. The number of hydrogen-bond donors (Lipinski definition) is 3. The number of nitrogens with one attached hydrogen (secondary N) is 2. The molecule has 0 aliphatic heterocycles. The standard InChI is InChI=1S/C27H25FN4O4/c1-16-19(8-17-5-6-23(24(9-17)36-2)30-15-27(34)35)21-10-25(28)31-14-22(21)20(16)11-26(33)32-13-18-4-3-7-29-12-18/h3-10,12,14,30H,11,13,15H2,1-2H3,(H,32,33)(H,34,35)/b19-8-. The van der Waals surface area contributed by atoms with Crippen LogP contribution in [0.1, 0.15) is 35.6 Å². The number of carboxylic acids is 1. The maximum atomic E-state index is 14.1. The van der Waals surface area contributed by atoms with Gasteiger partial charge in [-0.2, -0.15) is 4.39 Å². The number of carbonyl (C=O) groups is 2. The van der Waals surface area contributed by atoms with E-state index < -0.39 is 11.9 Å². The molecule has 3 aromatic rings. The monoisotopic (exact) mass is 488 g/mol. The van der Waals surface area contributed by atoms with Gasteiger partial charge in [0.25, 0.3) is 0 Å². The van der Waals surface area contributed by atoms with Crippen LogP contribution in [0.15, 0.2) is 60.6 Å². The summed E-state index contributed by atoms with van der Waals surface area (Å²) in [5.74, 6) is -1.29. The van der Waals surface area contributed by atoms with Crippen LogP contribution in [0.2, 0.25) is 0 Å². The second kappa shape index (κ2) is 10.8. The van der Waals surface area contributed by atoms with E-state index in [1.807, 2.05) is 31.2 Å². The second-order valence-corrected chi connectivity index (χ2v) is 8.24. The molecule has 2 heterocycles. The largest absolute Gasteiger partial charge is 0.495 e. The van der Waals surface area contributed by atoms with Crippen molar-refractivity contribution in [3.63, 3.8) is 0 Å². The third-order valence-corrected chi connectivity index (χ3v) is 5.86. The Kier molecular flexibility index (Phi) is 7.39. The molecule has 36 heavy (non-hydrogen) atoms. The van der Waals surface area contributed by atoms with Crippen LogP contribution in [0.5, 0.6) is 5.75 Å². The Balaban J connectivity index is 1.62. The second-order valence-electron chi connectivity index (χ2n) is 8.24. The minimum absolute atomic E-state index is 0.116. The number of anilines is 1. The molecule has 0 spiro atoms. The highest BCUT2D eigenvalue weighted by atomic mass is 19.1. The number of pyridine rings is 2. The Labute approximate surface area is 207 Å². The molecule has 0 radical (unpaired) electrons. The quantitative estimate of drug-likeness (QED) is 0.388. The number of fused-ring (bicyclic) bond motifs is 1. The minimum Gasteiger partial charge on any atom is -0.495 e. The van der Waals surface area contributed by atoms with Gasteiger partial charge in [0.1, 0.15) is 12.3 Å². The number of halogens is 1. The first kappa shape index (κ1) is 24.6. The highest BCUT2D eigenvalue weighted by Gasteiger charge is 2.26. The van der Waals surface area contributed by atoms with Crippen LogP contribution in [0, 0.1) is 5.95 Å². The van der Waals surface area contributed by atoms with Crippen molar-refractivity contribution in [3.8, 4) is 5.75 Å². The van der Waals surface area contributed by atoms with Gasteiger partial charge in [-0.1, -0.05) is 12.1 Å². The summed E-state index contributed by atoms with van der Waals surface area (Å²) in [6.07, 6.45) is 6.82. The predicted octanol–water partition coefficient (Wildman–Crippen LogP) is 4.16. The average Bonchev–Trinajstić information content (AvgIpc) is 3.12. The van der Waals surface area contributed by atoms with Crippen LogP contribution in [0.3, 0.4) is 0 Å². The molecule has 0 bridgehead atoms. The lowest BCUT2D eigenvalue weighted by Crippen LogP contribution is -2.22. The summed E-state index contributed by atoms with van der Waals surface area (Å²) in [4.78, 5) is 31.5. The van der Waals surface area contributed by atoms with Gasteiger partial charge in [0.2, 0.25) is 11.9 Å². The third-order valence-electron chi connectivity index (χ3n) is 5.86. The molecule has 0 saturated carbocycles. The van der Waals surface area contributed by atoms with Gasteiger partial charge >= 0.3 is 5.97 Å². The van der Waals surface area contributed by atoms with Crippen molar-refractivity contribution < 1.29 is 23.8 Å². The van der Waals surface area contributed by atoms with E-state index in [1.165, 1.54) is 19.4 Å². The maximum absolute atomic E-state index is 14.1. The highest BCUT2D eigenvalue weighted by Crippen LogP contribution is 2.43. The Bertz CT molecular complexity index is 1370. The SMILES string of the molecule is COc1cc(/C=C2/C(C)=C(CC(=O)NCc3cccnc3)c3cnc(F)cc32)ccc1NCC(=O)O. The van der Waals surface area contributed by atoms with Crippen molar-refractivity contribution in [1.82, 2.24) is 15.3 Å². The third kappa shape index (κ3) is 5.57. The van der Waals surface area contributed by atoms with Crippen molar-refractivity contribution in [2.45, 2.75) is 19.9 Å². The Hall–Kier alpha value is -4.53. The number of ether oxygens (including phenoxy) is 1. The molecule has 1 aliphatic rings.